The van der Waals surface area contributed by atoms with Gasteiger partial charge in [-0.15, -0.1) is 0 Å². The molecule has 8 nitrogen and oxygen atoms in total. The standard InChI is InChI=1S/C22H25IN4O4S/c1-22(28)8-2-3-19(22)27-11-15(23)9-14-10-24-21(26-20(14)27)25-16-4-6-17(7-5-16)32(29,30)18-12-31-13-18/h4-7,9-10,18-19,28H,2-3,8,11-13H2,1H3,(H,24,25,26)/t19-,22-/m1/s1. The van der Waals surface area contributed by atoms with E-state index in [9.17, 15) is 13.5 Å². The maximum absolute atomic E-state index is 12.5. The normalized spacial score (nSPS) is 25.8. The molecule has 0 bridgehead atoms. The van der Waals surface area contributed by atoms with Crippen molar-refractivity contribution in [1.29, 1.82) is 0 Å². The number of ether oxygens (including phenoxy) is 1. The lowest BCUT2D eigenvalue weighted by Crippen LogP contribution is -2.49. The first kappa shape index (κ1) is 22.1. The SMILES string of the molecule is C[C@@]1(O)CCC[C@H]1N1CC(I)=Cc2cnc(Nc3ccc(S(=O)(=O)C4COC4)cc3)nc21. The second-order valence-corrected chi connectivity index (χ2v) is 12.4. The van der Waals surface area contributed by atoms with Gasteiger partial charge in [0.1, 0.15) is 11.1 Å². The maximum Gasteiger partial charge on any atom is 0.229 e. The Hall–Kier alpha value is -1.76. The van der Waals surface area contributed by atoms with Gasteiger partial charge in [-0.05, 0) is 79.1 Å². The molecule has 32 heavy (non-hydrogen) atoms. The van der Waals surface area contributed by atoms with Gasteiger partial charge in [-0.25, -0.2) is 13.4 Å². The molecule has 0 spiro atoms. The average Bonchev–Trinajstić information content (AvgIpc) is 3.05. The van der Waals surface area contributed by atoms with E-state index in [0.717, 1.165) is 30.6 Å². The fourth-order valence-corrected chi connectivity index (χ4v) is 6.70. The van der Waals surface area contributed by atoms with Crippen LogP contribution in [-0.2, 0) is 14.6 Å². The van der Waals surface area contributed by atoms with Gasteiger partial charge in [0, 0.05) is 21.0 Å². The van der Waals surface area contributed by atoms with Crippen LogP contribution in [0, 0.1) is 0 Å². The average molecular weight is 568 g/mol. The summed E-state index contributed by atoms with van der Waals surface area (Å²) >= 11 is 2.32. The summed E-state index contributed by atoms with van der Waals surface area (Å²) in [6.45, 7) is 3.12. The minimum absolute atomic E-state index is 0.00226. The number of halogens is 1. The summed E-state index contributed by atoms with van der Waals surface area (Å²) < 4.78 is 31.3. The fourth-order valence-electron chi connectivity index (χ4n) is 4.55. The van der Waals surface area contributed by atoms with E-state index < -0.39 is 20.7 Å². The van der Waals surface area contributed by atoms with Crippen LogP contribution in [-0.4, -0.2) is 60.1 Å². The van der Waals surface area contributed by atoms with Crippen molar-refractivity contribution in [2.24, 2.45) is 0 Å². The molecule has 0 radical (unpaired) electrons. The molecule has 1 aromatic heterocycles. The third-order valence-electron chi connectivity index (χ3n) is 6.44. The smallest absolute Gasteiger partial charge is 0.229 e. The van der Waals surface area contributed by atoms with Gasteiger partial charge in [-0.3, -0.25) is 0 Å². The summed E-state index contributed by atoms with van der Waals surface area (Å²) in [6, 6.07) is 6.64. The molecule has 0 amide bonds. The van der Waals surface area contributed by atoms with E-state index in [1.54, 1.807) is 30.5 Å². The molecule has 3 heterocycles. The third-order valence-corrected chi connectivity index (χ3v) is 9.17. The Balaban J connectivity index is 1.39. The number of aromatic nitrogens is 2. The van der Waals surface area contributed by atoms with Crippen LogP contribution in [0.2, 0.25) is 0 Å². The number of rotatable bonds is 5. The van der Waals surface area contributed by atoms with Crippen molar-refractivity contribution in [2.75, 3.05) is 30.0 Å². The monoisotopic (exact) mass is 568 g/mol. The van der Waals surface area contributed by atoms with Gasteiger partial charge in [0.15, 0.2) is 9.84 Å². The van der Waals surface area contributed by atoms with Crippen LogP contribution < -0.4 is 10.2 Å². The predicted octanol–water partition coefficient (Wildman–Crippen LogP) is 3.29. The molecule has 5 rings (SSSR count). The van der Waals surface area contributed by atoms with Gasteiger partial charge in [0.25, 0.3) is 0 Å². The van der Waals surface area contributed by atoms with Gasteiger partial charge in [-0.1, -0.05) is 0 Å². The van der Waals surface area contributed by atoms with Gasteiger partial charge in [-0.2, -0.15) is 4.98 Å². The molecule has 2 atom stereocenters. The van der Waals surface area contributed by atoms with Crippen molar-refractivity contribution in [3.05, 3.63) is 39.6 Å². The van der Waals surface area contributed by atoms with Crippen LogP contribution in [0.25, 0.3) is 6.08 Å². The number of benzene rings is 1. The summed E-state index contributed by atoms with van der Waals surface area (Å²) in [7, 11) is -3.36. The Bertz CT molecular complexity index is 1160. The molecule has 1 saturated heterocycles. The van der Waals surface area contributed by atoms with E-state index in [-0.39, 0.29) is 24.2 Å². The minimum Gasteiger partial charge on any atom is -0.388 e. The Labute approximate surface area is 201 Å². The quantitative estimate of drug-likeness (QED) is 0.530. The molecular formula is C22H25IN4O4S. The zero-order valence-corrected chi connectivity index (χ0v) is 20.6. The van der Waals surface area contributed by atoms with Crippen molar-refractivity contribution in [3.63, 3.8) is 0 Å². The van der Waals surface area contributed by atoms with Gasteiger partial charge >= 0.3 is 0 Å². The van der Waals surface area contributed by atoms with Gasteiger partial charge in [0.2, 0.25) is 5.95 Å². The topological polar surface area (TPSA) is 105 Å². The van der Waals surface area contributed by atoms with Crippen molar-refractivity contribution in [3.8, 4) is 0 Å². The van der Waals surface area contributed by atoms with Gasteiger partial charge in [0.05, 0.1) is 36.3 Å². The highest BCUT2D eigenvalue weighted by Gasteiger charge is 2.42. The third kappa shape index (κ3) is 4.02. The molecule has 1 saturated carbocycles. The molecule has 2 fully saturated rings. The molecule has 2 aromatic rings. The van der Waals surface area contributed by atoms with Crippen molar-refractivity contribution >= 4 is 56.0 Å². The maximum atomic E-state index is 12.5. The van der Waals surface area contributed by atoms with Crippen LogP contribution in [0.3, 0.4) is 0 Å². The molecular weight excluding hydrogens is 543 g/mol. The molecule has 10 heteroatoms. The first-order valence-corrected chi connectivity index (χ1v) is 13.3. The number of hydrogen-bond acceptors (Lipinski definition) is 8. The number of nitrogens with zero attached hydrogens (tertiary/aromatic N) is 3. The number of aliphatic hydroxyl groups is 1. The minimum atomic E-state index is -3.36. The first-order valence-electron chi connectivity index (χ1n) is 10.6. The molecule has 2 aliphatic heterocycles. The van der Waals surface area contributed by atoms with Gasteiger partial charge < -0.3 is 20.1 Å². The Morgan fingerprint density at radius 2 is 2.03 bits per heavy atom. The summed E-state index contributed by atoms with van der Waals surface area (Å²) in [5.41, 5.74) is 0.879. The van der Waals surface area contributed by atoms with Crippen LogP contribution in [0.5, 0.6) is 0 Å². The first-order chi connectivity index (χ1) is 15.2. The molecule has 1 aromatic carbocycles. The molecule has 170 valence electrons. The Kier molecular flexibility index (Phi) is 5.67. The summed E-state index contributed by atoms with van der Waals surface area (Å²) in [5.74, 6) is 1.24. The highest BCUT2D eigenvalue weighted by Crippen LogP contribution is 2.40. The Morgan fingerprint density at radius 1 is 1.28 bits per heavy atom. The fraction of sp³-hybridized carbons (Fsp3) is 0.455. The zero-order chi connectivity index (χ0) is 22.5. The van der Waals surface area contributed by atoms with E-state index in [0.29, 0.717) is 18.2 Å². The van der Waals surface area contributed by atoms with Crippen LogP contribution >= 0.6 is 22.6 Å². The number of sulfone groups is 1. The predicted molar refractivity (Wildman–Crippen MR) is 131 cm³/mol. The van der Waals surface area contributed by atoms with E-state index >= 15 is 0 Å². The summed E-state index contributed by atoms with van der Waals surface area (Å²) in [6.07, 6.45) is 6.55. The van der Waals surface area contributed by atoms with Crippen molar-refractivity contribution in [2.45, 2.75) is 48.0 Å². The van der Waals surface area contributed by atoms with E-state index in [2.05, 4.69) is 43.9 Å². The van der Waals surface area contributed by atoms with Crippen LogP contribution in [0.4, 0.5) is 17.5 Å². The molecule has 0 unspecified atom stereocenters. The largest absolute Gasteiger partial charge is 0.388 e. The van der Waals surface area contributed by atoms with Crippen molar-refractivity contribution < 1.29 is 18.3 Å². The molecule has 2 N–H and O–H groups in total. The van der Waals surface area contributed by atoms with Crippen LogP contribution in [0.15, 0.2) is 38.9 Å². The highest BCUT2D eigenvalue weighted by molar-refractivity contribution is 14.1. The number of anilines is 3. The molecule has 1 aliphatic carbocycles. The zero-order valence-electron chi connectivity index (χ0n) is 17.7. The lowest BCUT2D eigenvalue weighted by atomic mass is 9.97. The lowest BCUT2D eigenvalue weighted by molar-refractivity contribution is 0.0416. The molecule has 3 aliphatic rings. The highest BCUT2D eigenvalue weighted by atomic mass is 127. The summed E-state index contributed by atoms with van der Waals surface area (Å²) in [4.78, 5) is 11.7. The van der Waals surface area contributed by atoms with Crippen molar-refractivity contribution in [1.82, 2.24) is 9.97 Å². The second kappa shape index (κ2) is 8.23. The lowest BCUT2D eigenvalue weighted by Gasteiger charge is -2.39. The second-order valence-electron chi connectivity index (χ2n) is 8.81. The Morgan fingerprint density at radius 3 is 2.66 bits per heavy atom. The van der Waals surface area contributed by atoms with E-state index in [1.165, 1.54) is 3.58 Å². The summed E-state index contributed by atoms with van der Waals surface area (Å²) in [5, 5.41) is 13.6. The van der Waals surface area contributed by atoms with E-state index in [1.807, 2.05) is 6.92 Å². The van der Waals surface area contributed by atoms with E-state index in [4.69, 9.17) is 9.72 Å². The van der Waals surface area contributed by atoms with Crippen LogP contribution in [0.1, 0.15) is 31.7 Å². The number of hydrogen-bond donors (Lipinski definition) is 2. The number of fused-ring (bicyclic) bond motifs is 1. The number of nitrogens with one attached hydrogen (secondary N) is 1.